The smallest absolute Gasteiger partial charge is 0.211 e. The molecule has 20 heavy (non-hydrogen) atoms. The molecule has 1 N–H and O–H groups in total. The second-order valence-electron chi connectivity index (χ2n) is 6.04. The highest BCUT2D eigenvalue weighted by molar-refractivity contribution is 7.88. The first-order valence-corrected chi connectivity index (χ1v) is 9.26. The zero-order valence-electron chi connectivity index (χ0n) is 12.5. The van der Waals surface area contributed by atoms with Gasteiger partial charge in [-0.15, -0.1) is 0 Å². The number of nitrogens with zero attached hydrogens (tertiary/aromatic N) is 2. The first kappa shape index (κ1) is 16.2. The topological polar surface area (TPSA) is 61.9 Å². The summed E-state index contributed by atoms with van der Waals surface area (Å²) in [4.78, 5) is 2.28. The predicted molar refractivity (Wildman–Crippen MR) is 79.2 cm³/mol. The molecular weight excluding hydrogens is 278 g/mol. The Labute approximate surface area is 122 Å². The summed E-state index contributed by atoms with van der Waals surface area (Å²) in [6.45, 7) is 5.81. The number of nitrogens with one attached hydrogen (secondary N) is 1. The molecule has 2 aliphatic heterocycles. The van der Waals surface area contributed by atoms with Crippen LogP contribution in [0.2, 0.25) is 0 Å². The molecular formula is C13H27N3O3S. The summed E-state index contributed by atoms with van der Waals surface area (Å²) in [5.41, 5.74) is 0. The third kappa shape index (κ3) is 4.96. The van der Waals surface area contributed by atoms with Crippen LogP contribution in [0.5, 0.6) is 0 Å². The van der Waals surface area contributed by atoms with Crippen LogP contribution in [0.15, 0.2) is 0 Å². The number of hydrogen-bond donors (Lipinski definition) is 1. The molecule has 0 amide bonds. The summed E-state index contributed by atoms with van der Waals surface area (Å²) in [5.74, 6) is 0.416. The third-order valence-electron chi connectivity index (χ3n) is 4.10. The lowest BCUT2D eigenvalue weighted by Gasteiger charge is -2.33. The van der Waals surface area contributed by atoms with Gasteiger partial charge in [0.05, 0.1) is 19.0 Å². The zero-order valence-corrected chi connectivity index (χ0v) is 13.4. The monoisotopic (exact) mass is 305 g/mol. The molecule has 6 nitrogen and oxygen atoms in total. The Bertz CT molecular complexity index is 402. The molecule has 0 aromatic rings. The van der Waals surface area contributed by atoms with Gasteiger partial charge in [0.2, 0.25) is 10.0 Å². The fourth-order valence-electron chi connectivity index (χ4n) is 2.93. The predicted octanol–water partition coefficient (Wildman–Crippen LogP) is -0.422. The highest BCUT2D eigenvalue weighted by Crippen LogP contribution is 2.18. The van der Waals surface area contributed by atoms with Crippen LogP contribution in [0.25, 0.3) is 0 Å². The molecule has 118 valence electrons. The highest BCUT2D eigenvalue weighted by atomic mass is 32.2. The van der Waals surface area contributed by atoms with Crippen molar-refractivity contribution in [2.24, 2.45) is 5.92 Å². The Morgan fingerprint density at radius 1 is 1.25 bits per heavy atom. The van der Waals surface area contributed by atoms with E-state index < -0.39 is 10.0 Å². The molecule has 2 unspecified atom stereocenters. The van der Waals surface area contributed by atoms with Crippen LogP contribution in [0.3, 0.4) is 0 Å². The van der Waals surface area contributed by atoms with Gasteiger partial charge in [-0.25, -0.2) is 12.7 Å². The average molecular weight is 305 g/mol. The van der Waals surface area contributed by atoms with E-state index in [0.717, 1.165) is 45.6 Å². The van der Waals surface area contributed by atoms with Crippen molar-refractivity contribution in [3.05, 3.63) is 0 Å². The second kappa shape index (κ2) is 7.17. The molecule has 2 fully saturated rings. The SMILES string of the molecule is CN1CCOC(CNCC2CCCN(S(C)(=O)=O)C2)C1. The van der Waals surface area contributed by atoms with Gasteiger partial charge in [-0.1, -0.05) is 0 Å². The van der Waals surface area contributed by atoms with Crippen LogP contribution in [0.4, 0.5) is 0 Å². The Morgan fingerprint density at radius 2 is 2.05 bits per heavy atom. The van der Waals surface area contributed by atoms with Gasteiger partial charge in [0.15, 0.2) is 0 Å². The largest absolute Gasteiger partial charge is 0.374 e. The molecule has 2 rings (SSSR count). The lowest BCUT2D eigenvalue weighted by molar-refractivity contribution is -0.0185. The van der Waals surface area contributed by atoms with Gasteiger partial charge in [-0.05, 0) is 32.4 Å². The molecule has 0 radical (unpaired) electrons. The number of hydrogen-bond acceptors (Lipinski definition) is 5. The normalized spacial score (nSPS) is 30.5. The quantitative estimate of drug-likeness (QED) is 0.747. The average Bonchev–Trinajstić information content (AvgIpc) is 2.38. The van der Waals surface area contributed by atoms with E-state index in [2.05, 4.69) is 17.3 Å². The number of piperidine rings is 1. The molecule has 0 aliphatic carbocycles. The number of likely N-dealkylation sites (N-methyl/N-ethyl adjacent to an activating group) is 1. The maximum absolute atomic E-state index is 11.6. The Morgan fingerprint density at radius 3 is 2.75 bits per heavy atom. The lowest BCUT2D eigenvalue weighted by Crippen LogP contribution is -2.47. The molecule has 2 atom stereocenters. The van der Waals surface area contributed by atoms with Crippen molar-refractivity contribution in [1.82, 2.24) is 14.5 Å². The molecule has 2 aliphatic rings. The number of ether oxygens (including phenoxy) is 1. The molecule has 2 heterocycles. The Hall–Kier alpha value is -0.210. The Kier molecular flexibility index (Phi) is 5.80. The minimum atomic E-state index is -3.04. The summed E-state index contributed by atoms with van der Waals surface area (Å²) in [6.07, 6.45) is 3.62. The minimum Gasteiger partial charge on any atom is -0.374 e. The van der Waals surface area contributed by atoms with E-state index >= 15 is 0 Å². The second-order valence-corrected chi connectivity index (χ2v) is 8.02. The highest BCUT2D eigenvalue weighted by Gasteiger charge is 2.26. The summed E-state index contributed by atoms with van der Waals surface area (Å²) < 4.78 is 30.4. The van der Waals surface area contributed by atoms with Crippen molar-refractivity contribution in [3.8, 4) is 0 Å². The number of morpholine rings is 1. The van der Waals surface area contributed by atoms with Gasteiger partial charge >= 0.3 is 0 Å². The maximum Gasteiger partial charge on any atom is 0.211 e. The van der Waals surface area contributed by atoms with Crippen molar-refractivity contribution in [3.63, 3.8) is 0 Å². The van der Waals surface area contributed by atoms with Crippen LogP contribution in [-0.4, -0.2) is 82.9 Å². The van der Waals surface area contributed by atoms with Gasteiger partial charge in [0, 0.05) is 32.7 Å². The van der Waals surface area contributed by atoms with Crippen molar-refractivity contribution in [2.75, 3.05) is 59.2 Å². The molecule has 7 heteroatoms. The van der Waals surface area contributed by atoms with Crippen LogP contribution in [0.1, 0.15) is 12.8 Å². The van der Waals surface area contributed by atoms with Crippen LogP contribution in [0, 0.1) is 5.92 Å². The van der Waals surface area contributed by atoms with Crippen LogP contribution in [-0.2, 0) is 14.8 Å². The fourth-order valence-corrected chi connectivity index (χ4v) is 3.88. The van der Waals surface area contributed by atoms with E-state index in [9.17, 15) is 8.42 Å². The van der Waals surface area contributed by atoms with Crippen molar-refractivity contribution in [2.45, 2.75) is 18.9 Å². The molecule has 0 aromatic carbocycles. The standard InChI is InChI=1S/C13H27N3O3S/c1-15-6-7-19-13(11-15)9-14-8-12-4-3-5-16(10-12)20(2,17)18/h12-14H,3-11H2,1-2H3. The van der Waals surface area contributed by atoms with Crippen molar-refractivity contribution < 1.29 is 13.2 Å². The molecule has 0 bridgehead atoms. The first-order valence-electron chi connectivity index (χ1n) is 7.41. The Balaban J connectivity index is 1.68. The van der Waals surface area contributed by atoms with Gasteiger partial charge in [0.1, 0.15) is 0 Å². The molecule has 0 saturated carbocycles. The molecule has 0 aromatic heterocycles. The van der Waals surface area contributed by atoms with E-state index in [1.165, 1.54) is 6.26 Å². The lowest BCUT2D eigenvalue weighted by atomic mass is 10.00. The third-order valence-corrected chi connectivity index (χ3v) is 5.37. The summed E-state index contributed by atoms with van der Waals surface area (Å²) in [5, 5.41) is 3.44. The number of sulfonamides is 1. The van der Waals surface area contributed by atoms with Gasteiger partial charge < -0.3 is 15.0 Å². The summed E-state index contributed by atoms with van der Waals surface area (Å²) in [6, 6.07) is 0. The van der Waals surface area contributed by atoms with Crippen LogP contribution < -0.4 is 5.32 Å². The van der Waals surface area contributed by atoms with Gasteiger partial charge in [0.25, 0.3) is 0 Å². The first-order chi connectivity index (χ1) is 9.45. The van der Waals surface area contributed by atoms with Crippen LogP contribution >= 0.6 is 0 Å². The fraction of sp³-hybridized carbons (Fsp3) is 1.00. The molecule has 0 spiro atoms. The van der Waals surface area contributed by atoms with E-state index in [1.54, 1.807) is 4.31 Å². The summed E-state index contributed by atoms with van der Waals surface area (Å²) >= 11 is 0. The van der Waals surface area contributed by atoms with E-state index in [0.29, 0.717) is 19.0 Å². The van der Waals surface area contributed by atoms with E-state index in [-0.39, 0.29) is 6.10 Å². The van der Waals surface area contributed by atoms with Gasteiger partial charge in [-0.2, -0.15) is 0 Å². The van der Waals surface area contributed by atoms with Crippen molar-refractivity contribution >= 4 is 10.0 Å². The van der Waals surface area contributed by atoms with E-state index in [1.807, 2.05) is 0 Å². The van der Waals surface area contributed by atoms with Gasteiger partial charge in [-0.3, -0.25) is 0 Å². The maximum atomic E-state index is 11.6. The summed E-state index contributed by atoms with van der Waals surface area (Å²) in [7, 11) is -0.926. The van der Waals surface area contributed by atoms with Crippen molar-refractivity contribution in [1.29, 1.82) is 0 Å². The van der Waals surface area contributed by atoms with E-state index in [4.69, 9.17) is 4.74 Å². The zero-order chi connectivity index (χ0) is 14.6. The minimum absolute atomic E-state index is 0.253. The molecule has 2 saturated heterocycles. The number of rotatable bonds is 5.